The maximum Gasteiger partial charge on any atom is 0.259 e. The summed E-state index contributed by atoms with van der Waals surface area (Å²) in [6, 6.07) is 12.2. The molecule has 1 atom stereocenters. The molecule has 0 saturated carbocycles. The van der Waals surface area contributed by atoms with Crippen LogP contribution in [0.3, 0.4) is 0 Å². The van der Waals surface area contributed by atoms with Gasteiger partial charge in [-0.05, 0) is 49.3 Å². The summed E-state index contributed by atoms with van der Waals surface area (Å²) in [4.78, 5) is 46.3. The summed E-state index contributed by atoms with van der Waals surface area (Å²) in [7, 11) is 0. The minimum atomic E-state index is -1.89. The van der Waals surface area contributed by atoms with Crippen LogP contribution < -0.4 is 10.2 Å². The normalized spacial score (nSPS) is 25.0. The zero-order chi connectivity index (χ0) is 27.5. The number of nitrogens with zero attached hydrogens (tertiary/aromatic N) is 3. The summed E-state index contributed by atoms with van der Waals surface area (Å²) < 4.78 is 14.9. The number of carbonyl (C=O) groups excluding carboxylic acids is 3. The lowest BCUT2D eigenvalue weighted by Crippen LogP contribution is -2.53. The van der Waals surface area contributed by atoms with Crippen LogP contribution in [0.25, 0.3) is 10.8 Å². The molecule has 1 spiro atoms. The SMILES string of the molecule is [2H]C1(N2C(=O)c3cccc4c(Cc5ccc(CN6CCC7(CCCO7)CC6)cc5)ncc2c34)CCC(=O)NC1=O. The van der Waals surface area contributed by atoms with E-state index < -0.39 is 23.7 Å². The smallest absolute Gasteiger partial charge is 0.259 e. The quantitative estimate of drug-likeness (QED) is 0.511. The third kappa shape index (κ3) is 4.32. The standard InChI is InChI=1S/C31H32N4O4/c36-27-10-9-25(29(37)33-27)35-26-18-32-24(22-3-1-4-23(28(22)26)30(35)38)17-20-5-7-21(8-6-20)19-34-14-12-31(13-15-34)11-2-16-39-31/h1,3-8,18,25H,2,9-17,19H2,(H,33,36,37)/i25D. The van der Waals surface area contributed by atoms with E-state index in [0.717, 1.165) is 55.7 Å². The molecule has 4 aliphatic rings. The predicted octanol–water partition coefficient (Wildman–Crippen LogP) is 3.74. The third-order valence-electron chi connectivity index (χ3n) is 8.78. The van der Waals surface area contributed by atoms with Gasteiger partial charge in [-0.25, -0.2) is 0 Å². The van der Waals surface area contributed by atoms with E-state index in [4.69, 9.17) is 11.1 Å². The van der Waals surface area contributed by atoms with Gasteiger partial charge in [-0.2, -0.15) is 0 Å². The van der Waals surface area contributed by atoms with Crippen molar-refractivity contribution < 1.29 is 20.5 Å². The highest BCUT2D eigenvalue weighted by molar-refractivity contribution is 6.27. The van der Waals surface area contributed by atoms with Crippen molar-refractivity contribution in [3.05, 3.63) is 71.0 Å². The molecule has 3 aromatic rings. The Morgan fingerprint density at radius 1 is 1.05 bits per heavy atom. The van der Waals surface area contributed by atoms with Crippen LogP contribution in [-0.4, -0.2) is 58.9 Å². The molecule has 3 amide bonds. The van der Waals surface area contributed by atoms with Crippen molar-refractivity contribution in [2.24, 2.45) is 0 Å². The van der Waals surface area contributed by atoms with Crippen molar-refractivity contribution in [2.75, 3.05) is 24.6 Å². The molecule has 2 aromatic carbocycles. The molecule has 0 radical (unpaired) electrons. The van der Waals surface area contributed by atoms with Gasteiger partial charge in [0.1, 0.15) is 6.02 Å². The van der Waals surface area contributed by atoms with Gasteiger partial charge in [-0.3, -0.25) is 34.5 Å². The summed E-state index contributed by atoms with van der Waals surface area (Å²) in [5.41, 5.74) is 4.28. The molecule has 200 valence electrons. The van der Waals surface area contributed by atoms with Gasteiger partial charge in [0.25, 0.3) is 5.91 Å². The first-order valence-corrected chi connectivity index (χ1v) is 13.9. The van der Waals surface area contributed by atoms with E-state index in [-0.39, 0.29) is 18.4 Å². The number of anilines is 1. The summed E-state index contributed by atoms with van der Waals surface area (Å²) in [5, 5.41) is 3.77. The number of piperidine rings is 2. The molecule has 0 bridgehead atoms. The number of pyridine rings is 1. The maximum atomic E-state index is 13.5. The topological polar surface area (TPSA) is 91.8 Å². The van der Waals surface area contributed by atoms with Crippen LogP contribution >= 0.6 is 0 Å². The number of hydrogen-bond acceptors (Lipinski definition) is 6. The lowest BCUT2D eigenvalue weighted by Gasteiger charge is -2.38. The van der Waals surface area contributed by atoms with Crippen molar-refractivity contribution in [3.63, 3.8) is 0 Å². The second-order valence-corrected chi connectivity index (χ2v) is 11.2. The number of benzene rings is 2. The Bertz CT molecular complexity index is 1520. The number of hydrogen-bond donors (Lipinski definition) is 1. The first-order valence-electron chi connectivity index (χ1n) is 14.4. The highest BCUT2D eigenvalue weighted by atomic mass is 16.5. The Labute approximate surface area is 228 Å². The van der Waals surface area contributed by atoms with E-state index in [1.165, 1.54) is 23.3 Å². The first-order chi connectivity index (χ1) is 19.4. The van der Waals surface area contributed by atoms with Crippen LogP contribution in [0.1, 0.15) is 67.1 Å². The van der Waals surface area contributed by atoms with Gasteiger partial charge in [0.15, 0.2) is 0 Å². The van der Waals surface area contributed by atoms with Gasteiger partial charge in [0.05, 0.1) is 24.5 Å². The van der Waals surface area contributed by atoms with Gasteiger partial charge < -0.3 is 4.74 Å². The van der Waals surface area contributed by atoms with Crippen LogP contribution in [-0.2, 0) is 27.3 Å². The van der Waals surface area contributed by atoms with E-state index in [2.05, 4.69) is 34.5 Å². The summed E-state index contributed by atoms with van der Waals surface area (Å²) >= 11 is 0. The molecule has 8 heteroatoms. The van der Waals surface area contributed by atoms with E-state index in [1.807, 2.05) is 12.1 Å². The molecule has 3 saturated heterocycles. The molecule has 0 aliphatic carbocycles. The number of ether oxygens (including phenoxy) is 1. The Morgan fingerprint density at radius 2 is 1.85 bits per heavy atom. The predicted molar refractivity (Wildman–Crippen MR) is 146 cm³/mol. The minimum absolute atomic E-state index is 0.00691. The number of carbonyl (C=O) groups is 3. The van der Waals surface area contributed by atoms with Crippen LogP contribution in [0.4, 0.5) is 5.69 Å². The molecule has 1 unspecified atom stereocenters. The Hall–Kier alpha value is -3.62. The van der Waals surface area contributed by atoms with Gasteiger partial charge in [0, 0.05) is 55.4 Å². The van der Waals surface area contributed by atoms with E-state index in [9.17, 15) is 14.4 Å². The zero-order valence-electron chi connectivity index (χ0n) is 22.9. The average Bonchev–Trinajstić information content (AvgIpc) is 3.54. The van der Waals surface area contributed by atoms with Gasteiger partial charge in [-0.1, -0.05) is 36.4 Å². The highest BCUT2D eigenvalue weighted by Gasteiger charge is 2.41. The van der Waals surface area contributed by atoms with Crippen LogP contribution in [0.5, 0.6) is 0 Å². The lowest BCUT2D eigenvalue weighted by atomic mass is 9.88. The molecule has 8 nitrogen and oxygen atoms in total. The third-order valence-corrected chi connectivity index (χ3v) is 8.78. The average molecular weight is 526 g/mol. The number of amides is 3. The largest absolute Gasteiger partial charge is 0.375 e. The Kier molecular flexibility index (Phi) is 5.69. The number of imide groups is 1. The van der Waals surface area contributed by atoms with Crippen LogP contribution in [0, 0.1) is 0 Å². The van der Waals surface area contributed by atoms with E-state index in [1.54, 1.807) is 12.3 Å². The lowest BCUT2D eigenvalue weighted by molar-refractivity contribution is -0.134. The molecule has 3 fully saturated rings. The molecule has 1 N–H and O–H groups in total. The summed E-state index contributed by atoms with van der Waals surface area (Å²) in [6.45, 7) is 3.98. The van der Waals surface area contributed by atoms with Crippen molar-refractivity contribution in [1.29, 1.82) is 0 Å². The van der Waals surface area contributed by atoms with Crippen LogP contribution in [0.2, 0.25) is 0 Å². The maximum absolute atomic E-state index is 13.5. The van der Waals surface area contributed by atoms with E-state index in [0.29, 0.717) is 23.1 Å². The molecular formula is C31H32N4O4. The zero-order valence-corrected chi connectivity index (χ0v) is 21.9. The number of rotatable bonds is 5. The Balaban J connectivity index is 1.10. The Morgan fingerprint density at radius 3 is 2.59 bits per heavy atom. The van der Waals surface area contributed by atoms with Gasteiger partial charge >= 0.3 is 0 Å². The number of nitrogens with one attached hydrogen (secondary N) is 1. The van der Waals surface area contributed by atoms with Gasteiger partial charge in [-0.15, -0.1) is 0 Å². The monoisotopic (exact) mass is 525 g/mol. The number of aromatic nitrogens is 1. The minimum Gasteiger partial charge on any atom is -0.375 e. The van der Waals surface area contributed by atoms with Crippen molar-refractivity contribution in [3.8, 4) is 0 Å². The number of likely N-dealkylation sites (tertiary alicyclic amines) is 1. The second-order valence-electron chi connectivity index (χ2n) is 11.2. The van der Waals surface area contributed by atoms with Crippen molar-refractivity contribution >= 4 is 34.2 Å². The van der Waals surface area contributed by atoms with E-state index >= 15 is 0 Å². The van der Waals surface area contributed by atoms with Crippen molar-refractivity contribution in [2.45, 2.75) is 63.1 Å². The fraction of sp³-hybridized carbons (Fsp3) is 0.419. The van der Waals surface area contributed by atoms with Crippen LogP contribution in [0.15, 0.2) is 48.7 Å². The highest BCUT2D eigenvalue weighted by Crippen LogP contribution is 2.40. The fourth-order valence-electron chi connectivity index (χ4n) is 6.63. The summed E-state index contributed by atoms with van der Waals surface area (Å²) in [5.74, 6) is -1.62. The second kappa shape index (κ2) is 9.54. The molecule has 7 rings (SSSR count). The molecule has 5 heterocycles. The summed E-state index contributed by atoms with van der Waals surface area (Å²) in [6.07, 6.45) is 6.77. The first kappa shape index (κ1) is 23.3. The van der Waals surface area contributed by atoms with Gasteiger partial charge in [0.2, 0.25) is 11.8 Å². The van der Waals surface area contributed by atoms with Crippen molar-refractivity contribution in [1.82, 2.24) is 15.2 Å². The molecule has 1 aromatic heterocycles. The molecule has 4 aliphatic heterocycles. The molecule has 39 heavy (non-hydrogen) atoms. The fourth-order valence-corrected chi connectivity index (χ4v) is 6.63. The molecular weight excluding hydrogens is 492 g/mol.